The standard InChI is InChI=1S/C11H13ClO4S2/c12-18(14,15)11-4-3-9(17-11)7-10(13)16-6-5-8-1-2-8/h3-4,8H,1-2,5-7H2. The molecule has 2 rings (SSSR count). The summed E-state index contributed by atoms with van der Waals surface area (Å²) in [6.07, 6.45) is 3.50. The van der Waals surface area contributed by atoms with Crippen LogP contribution in [0.4, 0.5) is 0 Å². The molecule has 1 aromatic rings. The van der Waals surface area contributed by atoms with Gasteiger partial charge in [-0.15, -0.1) is 11.3 Å². The normalized spacial score (nSPS) is 15.6. The van der Waals surface area contributed by atoms with Crippen molar-refractivity contribution in [2.24, 2.45) is 5.92 Å². The monoisotopic (exact) mass is 308 g/mol. The lowest BCUT2D eigenvalue weighted by Gasteiger charge is -2.02. The molecule has 1 heterocycles. The van der Waals surface area contributed by atoms with Crippen LogP contribution < -0.4 is 0 Å². The smallest absolute Gasteiger partial charge is 0.311 e. The minimum Gasteiger partial charge on any atom is -0.465 e. The molecule has 18 heavy (non-hydrogen) atoms. The van der Waals surface area contributed by atoms with Gasteiger partial charge in [-0.3, -0.25) is 4.79 Å². The van der Waals surface area contributed by atoms with E-state index in [1.807, 2.05) is 0 Å². The van der Waals surface area contributed by atoms with Crippen molar-refractivity contribution in [3.63, 3.8) is 0 Å². The maximum absolute atomic E-state index is 11.5. The lowest BCUT2D eigenvalue weighted by Crippen LogP contribution is -2.08. The third kappa shape index (κ3) is 4.26. The van der Waals surface area contributed by atoms with Crippen LogP contribution >= 0.6 is 22.0 Å². The van der Waals surface area contributed by atoms with Crippen molar-refractivity contribution in [1.82, 2.24) is 0 Å². The van der Waals surface area contributed by atoms with E-state index in [4.69, 9.17) is 15.4 Å². The number of hydrogen-bond acceptors (Lipinski definition) is 5. The second-order valence-corrected chi connectivity index (χ2v) is 8.25. The lowest BCUT2D eigenvalue weighted by molar-refractivity contribution is -0.142. The van der Waals surface area contributed by atoms with Crippen molar-refractivity contribution in [3.05, 3.63) is 17.0 Å². The molecule has 1 aliphatic rings. The van der Waals surface area contributed by atoms with Crippen molar-refractivity contribution in [2.75, 3.05) is 6.61 Å². The minimum atomic E-state index is -3.70. The Labute approximate surface area is 114 Å². The summed E-state index contributed by atoms with van der Waals surface area (Å²) in [6, 6.07) is 2.99. The average Bonchev–Trinajstić information content (AvgIpc) is 2.94. The molecule has 0 bridgehead atoms. The molecule has 1 saturated carbocycles. The SMILES string of the molecule is O=C(Cc1ccc(S(=O)(=O)Cl)s1)OCCC1CC1. The van der Waals surface area contributed by atoms with Crippen molar-refractivity contribution < 1.29 is 17.9 Å². The Morgan fingerprint density at radius 1 is 1.44 bits per heavy atom. The zero-order valence-corrected chi connectivity index (χ0v) is 12.0. The molecule has 1 fully saturated rings. The Balaban J connectivity index is 1.80. The number of rotatable bonds is 6. The maximum atomic E-state index is 11.5. The molecule has 0 spiro atoms. The molecule has 0 aromatic carbocycles. The summed E-state index contributed by atoms with van der Waals surface area (Å²) in [7, 11) is 1.50. The van der Waals surface area contributed by atoms with Crippen molar-refractivity contribution in [3.8, 4) is 0 Å². The summed E-state index contributed by atoms with van der Waals surface area (Å²) < 4.78 is 27.2. The molecule has 0 amide bonds. The average molecular weight is 309 g/mol. The number of esters is 1. The zero-order chi connectivity index (χ0) is 13.2. The van der Waals surface area contributed by atoms with Crippen LogP contribution in [0, 0.1) is 5.92 Å². The van der Waals surface area contributed by atoms with Crippen LogP contribution in [0.1, 0.15) is 24.1 Å². The highest BCUT2D eigenvalue weighted by Crippen LogP contribution is 2.32. The Morgan fingerprint density at radius 3 is 2.72 bits per heavy atom. The first-order chi connectivity index (χ1) is 8.45. The fourth-order valence-corrected chi connectivity index (χ4v) is 3.63. The predicted molar refractivity (Wildman–Crippen MR) is 69.4 cm³/mol. The van der Waals surface area contributed by atoms with Crippen molar-refractivity contribution in [2.45, 2.75) is 29.9 Å². The van der Waals surface area contributed by atoms with Gasteiger partial charge in [0.25, 0.3) is 9.05 Å². The lowest BCUT2D eigenvalue weighted by atomic mass is 10.3. The second kappa shape index (κ2) is 5.59. The summed E-state index contributed by atoms with van der Waals surface area (Å²) in [4.78, 5) is 12.1. The van der Waals surface area contributed by atoms with Gasteiger partial charge in [-0.2, -0.15) is 0 Å². The minimum absolute atomic E-state index is 0.0601. The van der Waals surface area contributed by atoms with E-state index in [1.165, 1.54) is 18.9 Å². The van der Waals surface area contributed by atoms with E-state index in [-0.39, 0.29) is 16.6 Å². The van der Waals surface area contributed by atoms with Gasteiger partial charge in [0.15, 0.2) is 0 Å². The number of hydrogen-bond donors (Lipinski definition) is 0. The molecule has 0 unspecified atom stereocenters. The number of halogens is 1. The summed E-state index contributed by atoms with van der Waals surface area (Å²) in [5, 5.41) is 0. The zero-order valence-electron chi connectivity index (χ0n) is 9.60. The first-order valence-corrected chi connectivity index (χ1v) is 8.77. The van der Waals surface area contributed by atoms with E-state index in [1.54, 1.807) is 6.07 Å². The largest absolute Gasteiger partial charge is 0.465 e. The van der Waals surface area contributed by atoms with Gasteiger partial charge in [0, 0.05) is 15.6 Å². The molecule has 4 nitrogen and oxygen atoms in total. The predicted octanol–water partition coefficient (Wildman–Crippen LogP) is 2.56. The molecule has 0 atom stereocenters. The van der Waals surface area contributed by atoms with Crippen molar-refractivity contribution >= 4 is 37.0 Å². The number of ether oxygens (including phenoxy) is 1. The Hall–Kier alpha value is -0.590. The van der Waals surface area contributed by atoms with Gasteiger partial charge in [0.2, 0.25) is 0 Å². The third-order valence-corrected chi connectivity index (χ3v) is 5.86. The molecular formula is C11H13ClO4S2. The first kappa shape index (κ1) is 13.8. The summed E-state index contributed by atoms with van der Waals surface area (Å²) in [5.74, 6) is 0.406. The van der Waals surface area contributed by atoms with E-state index < -0.39 is 9.05 Å². The highest BCUT2D eigenvalue weighted by Gasteiger charge is 2.21. The van der Waals surface area contributed by atoms with Gasteiger partial charge >= 0.3 is 5.97 Å². The number of carbonyl (C=O) groups excluding carboxylic acids is 1. The van der Waals surface area contributed by atoms with Crippen LogP contribution in [0.25, 0.3) is 0 Å². The second-order valence-electron chi connectivity index (χ2n) is 4.29. The van der Waals surface area contributed by atoms with Gasteiger partial charge < -0.3 is 4.74 Å². The Kier molecular flexibility index (Phi) is 4.29. The van der Waals surface area contributed by atoms with E-state index in [9.17, 15) is 13.2 Å². The van der Waals surface area contributed by atoms with Gasteiger partial charge in [0.1, 0.15) is 4.21 Å². The molecule has 0 aliphatic heterocycles. The molecule has 100 valence electrons. The van der Waals surface area contributed by atoms with Crippen LogP contribution in [0.3, 0.4) is 0 Å². The number of thiophene rings is 1. The molecule has 0 saturated heterocycles. The maximum Gasteiger partial charge on any atom is 0.311 e. The Bertz CT molecular complexity index is 531. The van der Waals surface area contributed by atoms with E-state index in [0.29, 0.717) is 11.5 Å². The summed E-state index contributed by atoms with van der Waals surface area (Å²) in [6.45, 7) is 0.454. The number of carbonyl (C=O) groups is 1. The van der Waals surface area contributed by atoms with Gasteiger partial charge in [-0.1, -0.05) is 12.8 Å². The molecule has 0 N–H and O–H groups in total. The first-order valence-electron chi connectivity index (χ1n) is 5.64. The third-order valence-electron chi connectivity index (χ3n) is 2.68. The fourth-order valence-electron chi connectivity index (χ4n) is 1.52. The van der Waals surface area contributed by atoms with Crippen molar-refractivity contribution in [1.29, 1.82) is 0 Å². The van der Waals surface area contributed by atoms with Crippen LogP contribution in [0.15, 0.2) is 16.3 Å². The van der Waals surface area contributed by atoms with E-state index in [2.05, 4.69) is 0 Å². The molecule has 0 radical (unpaired) electrons. The van der Waals surface area contributed by atoms with Crippen LogP contribution in [-0.4, -0.2) is 21.0 Å². The van der Waals surface area contributed by atoms with Gasteiger partial charge in [-0.25, -0.2) is 8.42 Å². The van der Waals surface area contributed by atoms with Gasteiger partial charge in [0.05, 0.1) is 13.0 Å². The molecule has 7 heteroatoms. The van der Waals surface area contributed by atoms with Crippen LogP contribution in [-0.2, 0) is 25.0 Å². The van der Waals surface area contributed by atoms with E-state index >= 15 is 0 Å². The topological polar surface area (TPSA) is 60.4 Å². The molecule has 1 aromatic heterocycles. The molecule has 1 aliphatic carbocycles. The van der Waals surface area contributed by atoms with E-state index in [0.717, 1.165) is 23.7 Å². The van der Waals surface area contributed by atoms with Crippen LogP contribution in [0.2, 0.25) is 0 Å². The summed E-state index contributed by atoms with van der Waals surface area (Å²) in [5.41, 5.74) is 0. The summed E-state index contributed by atoms with van der Waals surface area (Å²) >= 11 is 1.000. The fraction of sp³-hybridized carbons (Fsp3) is 0.545. The highest BCUT2D eigenvalue weighted by molar-refractivity contribution is 8.15. The quantitative estimate of drug-likeness (QED) is 0.598. The highest BCUT2D eigenvalue weighted by atomic mass is 35.7. The Morgan fingerprint density at radius 2 is 2.17 bits per heavy atom. The van der Waals surface area contributed by atoms with Crippen LogP contribution in [0.5, 0.6) is 0 Å². The molecular weight excluding hydrogens is 296 g/mol. The van der Waals surface area contributed by atoms with Gasteiger partial charge in [-0.05, 0) is 24.5 Å².